The molecule has 0 saturated heterocycles. The molecule has 0 radical (unpaired) electrons. The van der Waals surface area contributed by atoms with Gasteiger partial charge in [0.1, 0.15) is 23.0 Å². The van der Waals surface area contributed by atoms with Crippen LogP contribution in [0.3, 0.4) is 0 Å². The lowest BCUT2D eigenvalue weighted by atomic mass is 9.30. The number of benzene rings is 13. The Kier molecular flexibility index (Phi) is 10.4. The van der Waals surface area contributed by atoms with Gasteiger partial charge in [-0.2, -0.15) is 0 Å². The number of fused-ring (bicyclic) bond motifs is 10. The van der Waals surface area contributed by atoms with Crippen LogP contribution in [0.25, 0.3) is 21.5 Å². The molecule has 0 unspecified atom stereocenters. The summed E-state index contributed by atoms with van der Waals surface area (Å²) in [6.45, 7) is -0.306. The highest BCUT2D eigenvalue weighted by Crippen LogP contribution is 2.51. The van der Waals surface area contributed by atoms with E-state index in [1.807, 2.05) is 0 Å². The minimum Gasteiger partial charge on any atom is -0.457 e. The number of nitrogens with zero attached hydrogens (tertiary/aromatic N) is 4. The van der Waals surface area contributed by atoms with Crippen LogP contribution >= 0.6 is 0 Å². The molecule has 4 aliphatic heterocycles. The van der Waals surface area contributed by atoms with Crippen LogP contribution in [0.2, 0.25) is 0 Å². The molecule has 17 rings (SSSR count). The van der Waals surface area contributed by atoms with Crippen LogP contribution in [0, 0.1) is 0 Å². The molecule has 6 nitrogen and oxygen atoms in total. The standard InChI is InChI=1S/C74H48B2N4O2/c1-5-25-53(26-6-1)77-65-35-19-17-33-61(65)75-63-47-64-68(48-67(63)79(55-29-9-3-10-30-55)71-45-59(43-69(77)73(71)75)81-57-39-37-49-21-13-15-23-51(49)41-57)80(56-31-11-4-12-32-56)72-46-60(82-58-40-38-50-22-14-16-24-52(50)42-58)44-70-74(72)76(64)62-34-18-20-36-66(62)78(70)54-27-7-2-8-28-54/h1-48H. The number of hydrogen-bond acceptors (Lipinski definition) is 6. The zero-order valence-corrected chi connectivity index (χ0v) is 44.5. The highest BCUT2D eigenvalue weighted by Gasteiger charge is 2.48. The summed E-state index contributed by atoms with van der Waals surface area (Å²) < 4.78 is 14.2. The van der Waals surface area contributed by atoms with Crippen molar-refractivity contribution >= 4 is 136 Å². The van der Waals surface area contributed by atoms with Crippen LogP contribution in [-0.2, 0) is 0 Å². The largest absolute Gasteiger partial charge is 0.457 e. The fourth-order valence-electron chi connectivity index (χ4n) is 13.6. The number of anilines is 12. The fourth-order valence-corrected chi connectivity index (χ4v) is 13.6. The summed E-state index contributed by atoms with van der Waals surface area (Å²) in [6.07, 6.45) is 0. The van der Waals surface area contributed by atoms with Gasteiger partial charge >= 0.3 is 0 Å². The van der Waals surface area contributed by atoms with Crippen molar-refractivity contribution in [2.24, 2.45) is 0 Å². The van der Waals surface area contributed by atoms with E-state index in [0.717, 1.165) is 102 Å². The van der Waals surface area contributed by atoms with Gasteiger partial charge in [0, 0.05) is 92.5 Å². The van der Waals surface area contributed by atoms with E-state index in [4.69, 9.17) is 9.47 Å². The zero-order chi connectivity index (χ0) is 53.8. The maximum Gasteiger partial charge on any atom is 0.252 e. The van der Waals surface area contributed by atoms with Crippen LogP contribution < -0.4 is 61.9 Å². The van der Waals surface area contributed by atoms with Gasteiger partial charge in [0.2, 0.25) is 0 Å². The summed E-state index contributed by atoms with van der Waals surface area (Å²) in [4.78, 5) is 9.86. The number of hydrogen-bond donors (Lipinski definition) is 0. The van der Waals surface area contributed by atoms with Crippen LogP contribution in [0.5, 0.6) is 23.0 Å². The molecule has 0 aliphatic carbocycles. The van der Waals surface area contributed by atoms with Gasteiger partial charge in [0.05, 0.1) is 0 Å². The summed E-state index contributed by atoms with van der Waals surface area (Å²) in [5.41, 5.74) is 20.4. The molecule has 0 aromatic heterocycles. The van der Waals surface area contributed by atoms with Crippen molar-refractivity contribution < 1.29 is 9.47 Å². The normalized spacial score (nSPS) is 13.2. The van der Waals surface area contributed by atoms with Gasteiger partial charge < -0.3 is 29.1 Å². The first kappa shape index (κ1) is 46.2. The van der Waals surface area contributed by atoms with E-state index in [9.17, 15) is 0 Å². The van der Waals surface area contributed by atoms with E-state index in [-0.39, 0.29) is 13.4 Å². The highest BCUT2D eigenvalue weighted by atomic mass is 16.5. The second-order valence-electron chi connectivity index (χ2n) is 21.6. The molecule has 0 saturated carbocycles. The first-order valence-electron chi connectivity index (χ1n) is 28.1. The summed E-state index contributed by atoms with van der Waals surface area (Å²) >= 11 is 0. The highest BCUT2D eigenvalue weighted by molar-refractivity contribution is 7.03. The first-order chi connectivity index (χ1) is 40.7. The summed E-state index contributed by atoms with van der Waals surface area (Å²) in [7, 11) is 0. The topological polar surface area (TPSA) is 31.4 Å². The van der Waals surface area contributed by atoms with E-state index < -0.39 is 0 Å². The minimum atomic E-state index is -0.153. The van der Waals surface area contributed by atoms with Crippen molar-refractivity contribution in [3.8, 4) is 23.0 Å². The number of rotatable bonds is 8. The average Bonchev–Trinajstić information content (AvgIpc) is 0.967. The molecule has 13 aromatic carbocycles. The quantitative estimate of drug-likeness (QED) is 0.141. The second kappa shape index (κ2) is 18.4. The first-order valence-corrected chi connectivity index (χ1v) is 28.1. The SMILES string of the molecule is c1ccc(N2c3ccccc3B3c4cc5c(cc4N(c4ccccc4)c4cc(Oc6ccc7ccccc7c6)cc2c43)N(c2ccccc2)c2cc(Oc3ccc4ccccc4c3)cc3c2B5c2ccccc2N3c2ccccc2)cc1. The predicted molar refractivity (Wildman–Crippen MR) is 343 cm³/mol. The molecule has 0 fully saturated rings. The minimum absolute atomic E-state index is 0.153. The van der Waals surface area contributed by atoms with Crippen molar-refractivity contribution in [2.45, 2.75) is 0 Å². The molecule has 8 heteroatoms. The van der Waals surface area contributed by atoms with Gasteiger partial charge in [-0.15, -0.1) is 0 Å². The Balaban J connectivity index is 0.951. The number of ether oxygens (including phenoxy) is 2. The zero-order valence-electron chi connectivity index (χ0n) is 44.5. The van der Waals surface area contributed by atoms with E-state index in [1.165, 1.54) is 43.5 Å². The smallest absolute Gasteiger partial charge is 0.252 e. The fraction of sp³-hybridized carbons (Fsp3) is 0. The van der Waals surface area contributed by atoms with Crippen LogP contribution in [0.4, 0.5) is 68.2 Å². The predicted octanol–water partition coefficient (Wildman–Crippen LogP) is 15.7. The molecule has 4 aliphatic rings. The summed E-state index contributed by atoms with van der Waals surface area (Å²) in [5, 5.41) is 4.59. The maximum atomic E-state index is 7.12. The Bertz CT molecular complexity index is 4400. The molecular weight excluding hydrogens is 998 g/mol. The Morgan fingerprint density at radius 3 is 0.902 bits per heavy atom. The van der Waals surface area contributed by atoms with Gasteiger partial charge in [0.15, 0.2) is 0 Å². The summed E-state index contributed by atoms with van der Waals surface area (Å²) in [5.74, 6) is 3.05. The molecule has 82 heavy (non-hydrogen) atoms. The Morgan fingerprint density at radius 2 is 0.524 bits per heavy atom. The molecule has 0 atom stereocenters. The van der Waals surface area contributed by atoms with E-state index in [2.05, 4.69) is 311 Å². The van der Waals surface area contributed by atoms with Gasteiger partial charge in [0.25, 0.3) is 13.4 Å². The van der Waals surface area contributed by atoms with Gasteiger partial charge in [-0.25, -0.2) is 0 Å². The molecule has 0 bridgehead atoms. The second-order valence-corrected chi connectivity index (χ2v) is 21.6. The maximum absolute atomic E-state index is 7.12. The molecule has 0 amide bonds. The van der Waals surface area contributed by atoms with Crippen molar-refractivity contribution in [3.63, 3.8) is 0 Å². The van der Waals surface area contributed by atoms with E-state index >= 15 is 0 Å². The van der Waals surface area contributed by atoms with Gasteiger partial charge in [-0.05, 0) is 145 Å². The van der Waals surface area contributed by atoms with Crippen molar-refractivity contribution in [1.29, 1.82) is 0 Å². The molecule has 13 aromatic rings. The van der Waals surface area contributed by atoms with Crippen LogP contribution in [0.1, 0.15) is 0 Å². The molecular formula is C74H48B2N4O2. The molecule has 0 spiro atoms. The lowest BCUT2D eigenvalue weighted by molar-refractivity contribution is 0.483. The third kappa shape index (κ3) is 7.24. The summed E-state index contributed by atoms with van der Waals surface area (Å²) in [6, 6.07) is 105. The molecule has 0 N–H and O–H groups in total. The van der Waals surface area contributed by atoms with E-state index in [1.54, 1.807) is 0 Å². The Morgan fingerprint density at radius 1 is 0.207 bits per heavy atom. The lowest BCUT2D eigenvalue weighted by Crippen LogP contribution is -2.65. The van der Waals surface area contributed by atoms with Crippen molar-refractivity contribution in [2.75, 3.05) is 19.6 Å². The third-order valence-corrected chi connectivity index (χ3v) is 17.0. The van der Waals surface area contributed by atoms with Crippen LogP contribution in [0.15, 0.2) is 291 Å². The Hall–Kier alpha value is -10.7. The average molecular weight is 1050 g/mol. The Labute approximate surface area is 476 Å². The monoisotopic (exact) mass is 1050 g/mol. The lowest BCUT2D eigenvalue weighted by Gasteiger charge is -2.47. The third-order valence-electron chi connectivity index (χ3n) is 17.0. The van der Waals surface area contributed by atoms with Crippen molar-refractivity contribution in [1.82, 2.24) is 0 Å². The van der Waals surface area contributed by atoms with Crippen molar-refractivity contribution in [3.05, 3.63) is 291 Å². The van der Waals surface area contributed by atoms with Gasteiger partial charge in [-0.3, -0.25) is 0 Å². The molecule has 382 valence electrons. The number of para-hydroxylation sites is 6. The van der Waals surface area contributed by atoms with Gasteiger partial charge in [-0.1, -0.05) is 176 Å². The van der Waals surface area contributed by atoms with Crippen LogP contribution in [-0.4, -0.2) is 13.4 Å². The molecule has 4 heterocycles. The van der Waals surface area contributed by atoms with E-state index in [0.29, 0.717) is 0 Å².